The van der Waals surface area contributed by atoms with Crippen molar-refractivity contribution in [1.82, 2.24) is 25.1 Å². The maximum Gasteiger partial charge on any atom is 0.188 e. The minimum absolute atomic E-state index is 0.686. The van der Waals surface area contributed by atoms with Crippen LogP contribution in [0.3, 0.4) is 0 Å². The van der Waals surface area contributed by atoms with Crippen molar-refractivity contribution in [2.45, 2.75) is 44.7 Å². The van der Waals surface area contributed by atoms with Gasteiger partial charge in [0, 0.05) is 12.6 Å². The molecule has 0 aromatic carbocycles. The number of hydrogen-bond acceptors (Lipinski definition) is 5. The van der Waals surface area contributed by atoms with Crippen LogP contribution in [0.5, 0.6) is 0 Å². The molecular weight excluding hydrogens is 216 g/mol. The second kappa shape index (κ2) is 6.07. The maximum atomic E-state index is 5.60. The Balaban J connectivity index is 1.94. The number of aromatic nitrogens is 4. The Morgan fingerprint density at radius 2 is 2.18 bits per heavy atom. The van der Waals surface area contributed by atoms with Gasteiger partial charge in [-0.2, -0.15) is 4.80 Å². The van der Waals surface area contributed by atoms with Gasteiger partial charge >= 0.3 is 0 Å². The standard InChI is InChI=1S/C11H22N6/c1-16-14-11(13-15-16)9-17(8-4-7-12)10-5-2-3-6-10/h10H,2-9,12H2,1H3. The van der Waals surface area contributed by atoms with Crippen LogP contribution in [-0.4, -0.2) is 44.2 Å². The fraction of sp³-hybridized carbons (Fsp3) is 0.909. The molecule has 1 saturated carbocycles. The van der Waals surface area contributed by atoms with Crippen molar-refractivity contribution < 1.29 is 0 Å². The maximum absolute atomic E-state index is 5.60. The molecule has 0 spiro atoms. The van der Waals surface area contributed by atoms with Crippen LogP contribution in [0.1, 0.15) is 37.9 Å². The Bertz CT molecular complexity index is 330. The normalized spacial score (nSPS) is 17.1. The average molecular weight is 238 g/mol. The number of nitrogens with zero attached hydrogens (tertiary/aromatic N) is 5. The summed E-state index contributed by atoms with van der Waals surface area (Å²) in [7, 11) is 1.80. The monoisotopic (exact) mass is 238 g/mol. The van der Waals surface area contributed by atoms with Gasteiger partial charge in [0.1, 0.15) is 0 Å². The van der Waals surface area contributed by atoms with Gasteiger partial charge in [-0.25, -0.2) is 0 Å². The number of nitrogens with two attached hydrogens (primary N) is 1. The van der Waals surface area contributed by atoms with Gasteiger partial charge in [0.15, 0.2) is 5.82 Å². The lowest BCUT2D eigenvalue weighted by Gasteiger charge is -2.27. The van der Waals surface area contributed by atoms with E-state index in [4.69, 9.17) is 5.73 Å². The quantitative estimate of drug-likeness (QED) is 0.772. The molecule has 1 aliphatic carbocycles. The Morgan fingerprint density at radius 3 is 2.76 bits per heavy atom. The van der Waals surface area contributed by atoms with Crippen LogP contribution in [0.25, 0.3) is 0 Å². The van der Waals surface area contributed by atoms with Gasteiger partial charge in [0.25, 0.3) is 0 Å². The van der Waals surface area contributed by atoms with Crippen LogP contribution < -0.4 is 5.73 Å². The van der Waals surface area contributed by atoms with E-state index in [9.17, 15) is 0 Å². The molecule has 2 rings (SSSR count). The molecule has 17 heavy (non-hydrogen) atoms. The molecule has 0 bridgehead atoms. The van der Waals surface area contributed by atoms with Crippen molar-refractivity contribution in [2.24, 2.45) is 12.8 Å². The molecule has 2 N–H and O–H groups in total. The summed E-state index contributed by atoms with van der Waals surface area (Å²) in [5.74, 6) is 0.816. The molecule has 0 atom stereocenters. The molecule has 6 nitrogen and oxygen atoms in total. The van der Waals surface area contributed by atoms with Crippen molar-refractivity contribution in [1.29, 1.82) is 0 Å². The zero-order valence-corrected chi connectivity index (χ0v) is 10.5. The van der Waals surface area contributed by atoms with Crippen LogP contribution in [0, 0.1) is 0 Å². The van der Waals surface area contributed by atoms with Crippen LogP contribution in [0.4, 0.5) is 0 Å². The van der Waals surface area contributed by atoms with Crippen molar-refractivity contribution in [3.63, 3.8) is 0 Å². The molecule has 1 aromatic heterocycles. The summed E-state index contributed by atoms with van der Waals surface area (Å²) in [5.41, 5.74) is 5.60. The second-order valence-corrected chi connectivity index (χ2v) is 4.75. The summed E-state index contributed by atoms with van der Waals surface area (Å²) >= 11 is 0. The molecule has 0 amide bonds. The molecule has 96 valence electrons. The second-order valence-electron chi connectivity index (χ2n) is 4.75. The van der Waals surface area contributed by atoms with E-state index in [-0.39, 0.29) is 0 Å². The first-order chi connectivity index (χ1) is 8.29. The zero-order chi connectivity index (χ0) is 12.1. The first kappa shape index (κ1) is 12.4. The molecular formula is C11H22N6. The van der Waals surface area contributed by atoms with Gasteiger partial charge in [0.2, 0.25) is 0 Å². The summed E-state index contributed by atoms with van der Waals surface area (Å²) in [4.78, 5) is 3.99. The van der Waals surface area contributed by atoms with Crippen LogP contribution in [-0.2, 0) is 13.6 Å². The number of tetrazole rings is 1. The first-order valence-electron chi connectivity index (χ1n) is 6.46. The topological polar surface area (TPSA) is 72.9 Å². The van der Waals surface area contributed by atoms with E-state index in [2.05, 4.69) is 20.3 Å². The van der Waals surface area contributed by atoms with Gasteiger partial charge in [-0.1, -0.05) is 12.8 Å². The summed E-state index contributed by atoms with van der Waals surface area (Å²) in [6.45, 7) is 2.59. The number of hydrogen-bond donors (Lipinski definition) is 1. The Morgan fingerprint density at radius 1 is 1.41 bits per heavy atom. The summed E-state index contributed by atoms with van der Waals surface area (Å²) in [6, 6.07) is 0.686. The highest BCUT2D eigenvalue weighted by Gasteiger charge is 2.23. The van der Waals surface area contributed by atoms with Crippen LogP contribution in [0.15, 0.2) is 0 Å². The van der Waals surface area contributed by atoms with Crippen molar-refractivity contribution in [3.8, 4) is 0 Å². The highest BCUT2D eigenvalue weighted by molar-refractivity contribution is 4.83. The molecule has 1 aliphatic rings. The van der Waals surface area contributed by atoms with E-state index in [0.29, 0.717) is 6.04 Å². The van der Waals surface area contributed by atoms with Gasteiger partial charge in [-0.05, 0) is 31.0 Å². The third-order valence-electron chi connectivity index (χ3n) is 3.38. The molecule has 6 heteroatoms. The summed E-state index contributed by atoms with van der Waals surface area (Å²) in [6.07, 6.45) is 6.32. The van der Waals surface area contributed by atoms with E-state index in [1.807, 2.05) is 0 Å². The predicted octanol–water partition coefficient (Wildman–Crippen LogP) is 0.304. The molecule has 1 heterocycles. The van der Waals surface area contributed by atoms with Crippen molar-refractivity contribution in [3.05, 3.63) is 5.82 Å². The molecule has 1 aromatic rings. The van der Waals surface area contributed by atoms with Gasteiger partial charge < -0.3 is 5.73 Å². The highest BCUT2D eigenvalue weighted by atomic mass is 15.6. The van der Waals surface area contributed by atoms with E-state index in [1.165, 1.54) is 30.5 Å². The molecule has 0 aliphatic heterocycles. The fourth-order valence-electron chi connectivity index (χ4n) is 2.52. The lowest BCUT2D eigenvalue weighted by Crippen LogP contribution is -2.35. The number of rotatable bonds is 6. The lowest BCUT2D eigenvalue weighted by molar-refractivity contribution is 0.183. The Labute approximate surface area is 102 Å². The minimum atomic E-state index is 0.686. The van der Waals surface area contributed by atoms with E-state index >= 15 is 0 Å². The highest BCUT2D eigenvalue weighted by Crippen LogP contribution is 2.24. The van der Waals surface area contributed by atoms with Gasteiger partial charge in [-0.3, -0.25) is 4.90 Å². The third-order valence-corrected chi connectivity index (χ3v) is 3.38. The average Bonchev–Trinajstić information content (AvgIpc) is 2.95. The molecule has 0 saturated heterocycles. The SMILES string of the molecule is Cn1nnc(CN(CCCN)C2CCCC2)n1. The summed E-state index contributed by atoms with van der Waals surface area (Å²) in [5, 5.41) is 12.2. The Kier molecular flexibility index (Phi) is 4.44. The van der Waals surface area contributed by atoms with Crippen molar-refractivity contribution >= 4 is 0 Å². The van der Waals surface area contributed by atoms with Crippen LogP contribution in [0.2, 0.25) is 0 Å². The summed E-state index contributed by atoms with van der Waals surface area (Å²) < 4.78 is 0. The predicted molar refractivity (Wildman–Crippen MR) is 65.1 cm³/mol. The molecule has 0 unspecified atom stereocenters. The molecule has 0 radical (unpaired) electrons. The molecule has 1 fully saturated rings. The van der Waals surface area contributed by atoms with Crippen LogP contribution >= 0.6 is 0 Å². The van der Waals surface area contributed by atoms with E-state index in [1.54, 1.807) is 7.05 Å². The zero-order valence-electron chi connectivity index (χ0n) is 10.5. The lowest BCUT2D eigenvalue weighted by atomic mass is 10.2. The van der Waals surface area contributed by atoms with E-state index in [0.717, 1.165) is 31.9 Å². The smallest absolute Gasteiger partial charge is 0.188 e. The van der Waals surface area contributed by atoms with Gasteiger partial charge in [-0.15, -0.1) is 10.2 Å². The largest absolute Gasteiger partial charge is 0.330 e. The fourth-order valence-corrected chi connectivity index (χ4v) is 2.52. The van der Waals surface area contributed by atoms with Gasteiger partial charge in [0.05, 0.1) is 13.6 Å². The first-order valence-corrected chi connectivity index (χ1v) is 6.46. The van der Waals surface area contributed by atoms with Crippen molar-refractivity contribution in [2.75, 3.05) is 13.1 Å². The minimum Gasteiger partial charge on any atom is -0.330 e. The van der Waals surface area contributed by atoms with E-state index < -0.39 is 0 Å². The third kappa shape index (κ3) is 3.47. The Hall–Kier alpha value is -1.01. The number of aryl methyl sites for hydroxylation is 1.